The van der Waals surface area contributed by atoms with Crippen LogP contribution in [0.1, 0.15) is 108 Å². The first-order valence-electron chi connectivity index (χ1n) is 12.0. The molecule has 29 heavy (non-hydrogen) atoms. The summed E-state index contributed by atoms with van der Waals surface area (Å²) < 4.78 is 0. The first kappa shape index (κ1) is 23.4. The van der Waals surface area contributed by atoms with Gasteiger partial charge in [-0.05, 0) is 62.5 Å². The van der Waals surface area contributed by atoms with Crippen molar-refractivity contribution in [1.82, 2.24) is 5.32 Å². The van der Waals surface area contributed by atoms with Crippen LogP contribution in [0.25, 0.3) is 0 Å². The van der Waals surface area contributed by atoms with E-state index < -0.39 is 0 Å². The van der Waals surface area contributed by atoms with Crippen LogP contribution in [0.5, 0.6) is 0 Å². The minimum Gasteiger partial charge on any atom is -0.349 e. The van der Waals surface area contributed by atoms with Crippen molar-refractivity contribution >= 4 is 5.91 Å². The smallest absolute Gasteiger partial charge is 0.220 e. The first-order valence-corrected chi connectivity index (χ1v) is 12.0. The lowest BCUT2D eigenvalue weighted by atomic mass is 10.1. The van der Waals surface area contributed by atoms with E-state index in [1.54, 1.807) is 0 Å². The molecule has 1 amide bonds. The van der Waals surface area contributed by atoms with Crippen molar-refractivity contribution in [2.45, 2.75) is 103 Å². The maximum atomic E-state index is 12.2. The second-order valence-electron chi connectivity index (χ2n) is 8.34. The van der Waals surface area contributed by atoms with Gasteiger partial charge in [-0.3, -0.25) is 4.79 Å². The Labute approximate surface area is 178 Å². The van der Waals surface area contributed by atoms with Crippen LogP contribution in [0.4, 0.5) is 0 Å². The highest BCUT2D eigenvalue weighted by atomic mass is 16.1. The van der Waals surface area contributed by atoms with Gasteiger partial charge in [0, 0.05) is 6.42 Å². The zero-order chi connectivity index (χ0) is 20.6. The van der Waals surface area contributed by atoms with Crippen LogP contribution in [-0.2, 0) is 11.2 Å². The average molecular weight is 396 g/mol. The van der Waals surface area contributed by atoms with Gasteiger partial charge >= 0.3 is 0 Å². The van der Waals surface area contributed by atoms with Gasteiger partial charge in [-0.2, -0.15) is 0 Å². The van der Waals surface area contributed by atoms with E-state index in [0.717, 1.165) is 25.7 Å². The summed E-state index contributed by atoms with van der Waals surface area (Å²) in [4.78, 5) is 12.2. The quantitative estimate of drug-likeness (QED) is 0.240. The Bertz CT molecular complexity index is 631. The van der Waals surface area contributed by atoms with Crippen LogP contribution < -0.4 is 5.32 Å². The summed E-state index contributed by atoms with van der Waals surface area (Å²) in [6, 6.07) is 8.74. The number of hydrogen-bond donors (Lipinski definition) is 1. The summed E-state index contributed by atoms with van der Waals surface area (Å²) in [5.41, 5.74) is 2.72. The van der Waals surface area contributed by atoms with E-state index >= 15 is 0 Å². The fourth-order valence-electron chi connectivity index (χ4n) is 4.07. The van der Waals surface area contributed by atoms with Gasteiger partial charge in [0.05, 0.1) is 6.04 Å². The highest BCUT2D eigenvalue weighted by molar-refractivity contribution is 5.76. The summed E-state index contributed by atoms with van der Waals surface area (Å²) in [5.74, 6) is 0.220. The van der Waals surface area contributed by atoms with Crippen LogP contribution in [0.15, 0.2) is 48.6 Å². The van der Waals surface area contributed by atoms with Crippen molar-refractivity contribution in [3.8, 4) is 0 Å². The fourth-order valence-corrected chi connectivity index (χ4v) is 4.07. The van der Waals surface area contributed by atoms with E-state index in [1.807, 2.05) is 0 Å². The maximum Gasteiger partial charge on any atom is 0.220 e. The molecule has 1 N–H and O–H groups in total. The van der Waals surface area contributed by atoms with E-state index in [0.29, 0.717) is 6.42 Å². The topological polar surface area (TPSA) is 29.1 Å². The van der Waals surface area contributed by atoms with Crippen molar-refractivity contribution < 1.29 is 4.79 Å². The number of fused-ring (bicyclic) bond motifs is 1. The largest absolute Gasteiger partial charge is 0.349 e. The van der Waals surface area contributed by atoms with E-state index in [4.69, 9.17) is 0 Å². The molecule has 0 aliphatic heterocycles. The number of aryl methyl sites for hydroxylation is 1. The lowest BCUT2D eigenvalue weighted by Gasteiger charge is -2.14. The number of rotatable bonds is 15. The molecule has 2 rings (SSSR count). The van der Waals surface area contributed by atoms with Crippen LogP contribution >= 0.6 is 0 Å². The first-order chi connectivity index (χ1) is 14.3. The number of unbranched alkanes of at least 4 members (excludes halogenated alkanes) is 8. The molecule has 1 aromatic rings. The molecular formula is C27H41NO. The van der Waals surface area contributed by atoms with Gasteiger partial charge in [0.25, 0.3) is 0 Å². The Morgan fingerprint density at radius 1 is 0.931 bits per heavy atom. The molecule has 2 nitrogen and oxygen atoms in total. The van der Waals surface area contributed by atoms with Gasteiger partial charge in [0.2, 0.25) is 5.91 Å². The van der Waals surface area contributed by atoms with Gasteiger partial charge in [0.1, 0.15) is 0 Å². The molecule has 1 aliphatic carbocycles. The number of hydrogen-bond acceptors (Lipinski definition) is 1. The zero-order valence-electron chi connectivity index (χ0n) is 18.5. The molecule has 0 radical (unpaired) electrons. The maximum absolute atomic E-state index is 12.2. The zero-order valence-corrected chi connectivity index (χ0v) is 18.5. The van der Waals surface area contributed by atoms with Crippen molar-refractivity contribution in [2.75, 3.05) is 0 Å². The Morgan fingerprint density at radius 3 is 2.41 bits per heavy atom. The second kappa shape index (κ2) is 15.1. The minimum absolute atomic E-state index is 0.220. The third kappa shape index (κ3) is 9.96. The number of benzene rings is 1. The average Bonchev–Trinajstić information content (AvgIpc) is 3.14. The molecule has 0 spiro atoms. The molecule has 1 unspecified atom stereocenters. The number of allylic oxidation sites excluding steroid dienone is 4. The van der Waals surface area contributed by atoms with Gasteiger partial charge in [-0.1, -0.05) is 87.6 Å². The van der Waals surface area contributed by atoms with Crippen molar-refractivity contribution in [3.63, 3.8) is 0 Å². The highest BCUT2D eigenvalue weighted by Crippen LogP contribution is 2.30. The summed E-state index contributed by atoms with van der Waals surface area (Å²) in [6.07, 6.45) is 25.5. The lowest BCUT2D eigenvalue weighted by Crippen LogP contribution is -2.26. The van der Waals surface area contributed by atoms with Crippen molar-refractivity contribution in [2.24, 2.45) is 0 Å². The van der Waals surface area contributed by atoms with E-state index in [2.05, 4.69) is 60.8 Å². The number of nitrogens with one attached hydrogen (secondary N) is 1. The standard InChI is InChI=1S/C27H41NO/c1-2-3-4-5-6-7-8-9-10-11-12-13-14-15-16-21-27(29)28-26-23-22-24-19-17-18-20-25(24)26/h6-7,9-10,17-20,26H,2-5,8,11-16,21-23H2,1H3,(H,28,29). The molecule has 1 aliphatic rings. The van der Waals surface area contributed by atoms with Gasteiger partial charge in [-0.15, -0.1) is 0 Å². The molecule has 0 saturated heterocycles. The Hall–Kier alpha value is -1.83. The number of carbonyl (C=O) groups excluding carboxylic acids is 1. The van der Waals surface area contributed by atoms with Crippen molar-refractivity contribution in [3.05, 3.63) is 59.7 Å². The molecule has 0 aromatic heterocycles. The van der Waals surface area contributed by atoms with Gasteiger partial charge < -0.3 is 5.32 Å². The molecule has 2 heteroatoms. The van der Waals surface area contributed by atoms with Gasteiger partial charge in [-0.25, -0.2) is 0 Å². The van der Waals surface area contributed by atoms with Crippen molar-refractivity contribution in [1.29, 1.82) is 0 Å². The molecule has 0 fully saturated rings. The minimum atomic E-state index is 0.220. The number of carbonyl (C=O) groups is 1. The van der Waals surface area contributed by atoms with Crippen LogP contribution in [-0.4, -0.2) is 5.91 Å². The Morgan fingerprint density at radius 2 is 1.62 bits per heavy atom. The lowest BCUT2D eigenvalue weighted by molar-refractivity contribution is -0.121. The third-order valence-electron chi connectivity index (χ3n) is 5.82. The molecule has 0 heterocycles. The Kier molecular flexibility index (Phi) is 12.2. The van der Waals surface area contributed by atoms with Crippen LogP contribution in [0.3, 0.4) is 0 Å². The molecule has 1 aromatic carbocycles. The van der Waals surface area contributed by atoms with E-state index in [1.165, 1.54) is 68.9 Å². The third-order valence-corrected chi connectivity index (χ3v) is 5.82. The molecular weight excluding hydrogens is 354 g/mol. The summed E-state index contributed by atoms with van der Waals surface area (Å²) in [5, 5.41) is 3.23. The van der Waals surface area contributed by atoms with E-state index in [-0.39, 0.29) is 11.9 Å². The van der Waals surface area contributed by atoms with Gasteiger partial charge in [0.15, 0.2) is 0 Å². The molecule has 160 valence electrons. The summed E-state index contributed by atoms with van der Waals surface area (Å²) in [7, 11) is 0. The molecule has 0 saturated carbocycles. The highest BCUT2D eigenvalue weighted by Gasteiger charge is 2.22. The molecule has 0 bridgehead atoms. The van der Waals surface area contributed by atoms with Crippen LogP contribution in [0.2, 0.25) is 0 Å². The van der Waals surface area contributed by atoms with E-state index in [9.17, 15) is 4.79 Å². The number of amides is 1. The summed E-state index contributed by atoms with van der Waals surface area (Å²) in [6.45, 7) is 2.25. The normalized spacial score (nSPS) is 16.0. The fraction of sp³-hybridized carbons (Fsp3) is 0.593. The SMILES string of the molecule is CCCCCC=CCC=CCCCCCCCC(=O)NC1CCc2ccccc21. The predicted octanol–water partition coefficient (Wildman–Crippen LogP) is 7.60. The second-order valence-corrected chi connectivity index (χ2v) is 8.34. The monoisotopic (exact) mass is 395 g/mol. The molecule has 1 atom stereocenters. The van der Waals surface area contributed by atoms with Crippen LogP contribution in [0, 0.1) is 0 Å². The predicted molar refractivity (Wildman–Crippen MR) is 125 cm³/mol. The summed E-state index contributed by atoms with van der Waals surface area (Å²) >= 11 is 0. The Balaban J connectivity index is 1.41.